The minimum atomic E-state index is 0.228. The highest BCUT2D eigenvalue weighted by molar-refractivity contribution is 7.17. The van der Waals surface area contributed by atoms with E-state index in [1.54, 1.807) is 11.3 Å². The molecule has 2 aromatic rings. The van der Waals surface area contributed by atoms with Gasteiger partial charge in [0.15, 0.2) is 0 Å². The Hall–Kier alpha value is -1.28. The number of thiophene rings is 1. The van der Waals surface area contributed by atoms with E-state index in [0.717, 1.165) is 0 Å². The predicted octanol–water partition coefficient (Wildman–Crippen LogP) is 3.82. The molecule has 0 aliphatic heterocycles. The van der Waals surface area contributed by atoms with Gasteiger partial charge >= 0.3 is 0 Å². The number of rotatable bonds is 2. The van der Waals surface area contributed by atoms with E-state index in [2.05, 4.69) is 37.1 Å². The highest BCUT2D eigenvalue weighted by Gasteiger charge is 2.04. The van der Waals surface area contributed by atoms with Gasteiger partial charge in [-0.05, 0) is 29.3 Å². The van der Waals surface area contributed by atoms with Crippen LogP contribution in [0.15, 0.2) is 35.9 Å². The Kier molecular flexibility index (Phi) is 2.30. The summed E-state index contributed by atoms with van der Waals surface area (Å²) in [4.78, 5) is 0. The normalized spacial score (nSPS) is 10.6. The third-order valence-corrected chi connectivity index (χ3v) is 3.22. The zero-order valence-corrected chi connectivity index (χ0v) is 8.90. The van der Waals surface area contributed by atoms with Crippen molar-refractivity contribution in [3.63, 3.8) is 0 Å². The SMILES string of the molecule is C=C(O)Cc1csc2ccc(C)cc12. The van der Waals surface area contributed by atoms with Crippen molar-refractivity contribution in [1.29, 1.82) is 0 Å². The third-order valence-electron chi connectivity index (χ3n) is 2.20. The molecule has 0 amide bonds. The second-order valence-corrected chi connectivity index (χ2v) is 4.41. The quantitative estimate of drug-likeness (QED) is 0.737. The van der Waals surface area contributed by atoms with Gasteiger partial charge in [0.05, 0.1) is 5.76 Å². The van der Waals surface area contributed by atoms with Gasteiger partial charge in [0.1, 0.15) is 0 Å². The summed E-state index contributed by atoms with van der Waals surface area (Å²) in [5, 5.41) is 12.5. The van der Waals surface area contributed by atoms with Gasteiger partial charge in [-0.15, -0.1) is 11.3 Å². The van der Waals surface area contributed by atoms with Crippen LogP contribution < -0.4 is 0 Å². The zero-order valence-electron chi connectivity index (χ0n) is 8.08. The van der Waals surface area contributed by atoms with Gasteiger partial charge in [-0.25, -0.2) is 0 Å². The molecule has 1 N–H and O–H groups in total. The van der Waals surface area contributed by atoms with Crippen LogP contribution in [0, 0.1) is 6.92 Å². The first-order chi connectivity index (χ1) is 6.66. The van der Waals surface area contributed by atoms with Gasteiger partial charge in [0.25, 0.3) is 0 Å². The van der Waals surface area contributed by atoms with Gasteiger partial charge in [-0.1, -0.05) is 24.3 Å². The lowest BCUT2D eigenvalue weighted by Gasteiger charge is -1.98. The van der Waals surface area contributed by atoms with Crippen LogP contribution in [0.2, 0.25) is 0 Å². The molecule has 0 spiro atoms. The summed E-state index contributed by atoms with van der Waals surface area (Å²) >= 11 is 1.71. The van der Waals surface area contributed by atoms with Crippen molar-refractivity contribution in [1.82, 2.24) is 0 Å². The lowest BCUT2D eigenvalue weighted by molar-refractivity contribution is 0.402. The van der Waals surface area contributed by atoms with E-state index in [0.29, 0.717) is 6.42 Å². The van der Waals surface area contributed by atoms with Crippen molar-refractivity contribution in [3.05, 3.63) is 47.0 Å². The fraction of sp³-hybridized carbons (Fsp3) is 0.167. The van der Waals surface area contributed by atoms with Crippen molar-refractivity contribution in [2.75, 3.05) is 0 Å². The van der Waals surface area contributed by atoms with E-state index < -0.39 is 0 Å². The molecule has 0 bridgehead atoms. The second kappa shape index (κ2) is 3.46. The molecule has 1 aromatic carbocycles. The smallest absolute Gasteiger partial charge is 0.0895 e. The van der Waals surface area contributed by atoms with Crippen LogP contribution in [-0.4, -0.2) is 5.11 Å². The second-order valence-electron chi connectivity index (χ2n) is 3.50. The van der Waals surface area contributed by atoms with Crippen LogP contribution in [0.1, 0.15) is 11.1 Å². The van der Waals surface area contributed by atoms with Crippen LogP contribution in [0.25, 0.3) is 10.1 Å². The van der Waals surface area contributed by atoms with Crippen molar-refractivity contribution < 1.29 is 5.11 Å². The van der Waals surface area contributed by atoms with Gasteiger partial charge in [0, 0.05) is 11.1 Å². The Balaban J connectivity index is 2.55. The van der Waals surface area contributed by atoms with Crippen LogP contribution in [0.3, 0.4) is 0 Å². The van der Waals surface area contributed by atoms with Gasteiger partial charge in [-0.3, -0.25) is 0 Å². The first kappa shape index (κ1) is 9.28. The topological polar surface area (TPSA) is 20.2 Å². The van der Waals surface area contributed by atoms with Gasteiger partial charge < -0.3 is 5.11 Å². The lowest BCUT2D eigenvalue weighted by atomic mass is 10.1. The van der Waals surface area contributed by atoms with E-state index in [4.69, 9.17) is 5.11 Å². The number of hydrogen-bond acceptors (Lipinski definition) is 2. The summed E-state index contributed by atoms with van der Waals surface area (Å²) in [7, 11) is 0. The van der Waals surface area contributed by atoms with Crippen molar-refractivity contribution in [2.45, 2.75) is 13.3 Å². The monoisotopic (exact) mass is 204 g/mol. The molecule has 0 fully saturated rings. The Bertz CT molecular complexity index is 482. The first-order valence-electron chi connectivity index (χ1n) is 4.50. The largest absolute Gasteiger partial charge is 0.513 e. The molecule has 2 rings (SSSR count). The standard InChI is InChI=1S/C12H12OS/c1-8-3-4-12-11(5-8)10(7-14-12)6-9(2)13/h3-5,7,13H,2,6H2,1H3. The Morgan fingerprint density at radius 3 is 3.00 bits per heavy atom. The molecule has 14 heavy (non-hydrogen) atoms. The van der Waals surface area contributed by atoms with Crippen molar-refractivity contribution in [2.24, 2.45) is 0 Å². The summed E-state index contributed by atoms with van der Waals surface area (Å²) in [5.74, 6) is 0.228. The molecular formula is C12H12OS. The zero-order chi connectivity index (χ0) is 10.1. The molecule has 0 saturated heterocycles. The molecule has 0 aliphatic carbocycles. The van der Waals surface area contributed by atoms with Crippen molar-refractivity contribution in [3.8, 4) is 0 Å². The average Bonchev–Trinajstić information content (AvgIpc) is 2.47. The number of aryl methyl sites for hydroxylation is 1. The predicted molar refractivity (Wildman–Crippen MR) is 62.0 cm³/mol. The van der Waals surface area contributed by atoms with E-state index >= 15 is 0 Å². The van der Waals surface area contributed by atoms with E-state index in [1.807, 2.05) is 0 Å². The summed E-state index contributed by atoms with van der Waals surface area (Å²) in [5.41, 5.74) is 2.42. The number of aliphatic hydroxyl groups excluding tert-OH is 1. The van der Waals surface area contributed by atoms with E-state index in [9.17, 15) is 0 Å². The molecule has 0 radical (unpaired) electrons. The van der Waals surface area contributed by atoms with E-state index in [-0.39, 0.29) is 5.76 Å². The Morgan fingerprint density at radius 1 is 1.50 bits per heavy atom. The number of fused-ring (bicyclic) bond motifs is 1. The first-order valence-corrected chi connectivity index (χ1v) is 5.38. The highest BCUT2D eigenvalue weighted by Crippen LogP contribution is 2.27. The molecule has 0 unspecified atom stereocenters. The van der Waals surface area contributed by atoms with E-state index in [1.165, 1.54) is 21.2 Å². The van der Waals surface area contributed by atoms with Gasteiger partial charge in [0.2, 0.25) is 0 Å². The minimum absolute atomic E-state index is 0.228. The Labute approximate surface area is 87.3 Å². The molecule has 0 saturated carbocycles. The fourth-order valence-corrected chi connectivity index (χ4v) is 2.50. The molecule has 72 valence electrons. The molecule has 1 heterocycles. The van der Waals surface area contributed by atoms with Crippen LogP contribution in [0.4, 0.5) is 0 Å². The molecule has 1 nitrogen and oxygen atoms in total. The van der Waals surface area contributed by atoms with Crippen LogP contribution in [0.5, 0.6) is 0 Å². The maximum Gasteiger partial charge on any atom is 0.0895 e. The molecular weight excluding hydrogens is 192 g/mol. The highest BCUT2D eigenvalue weighted by atomic mass is 32.1. The van der Waals surface area contributed by atoms with Gasteiger partial charge in [-0.2, -0.15) is 0 Å². The number of benzene rings is 1. The molecule has 1 aromatic heterocycles. The lowest BCUT2D eigenvalue weighted by Crippen LogP contribution is -1.85. The summed E-state index contributed by atoms with van der Waals surface area (Å²) in [6.45, 7) is 5.60. The molecule has 0 aliphatic rings. The third kappa shape index (κ3) is 1.66. The maximum atomic E-state index is 9.16. The Morgan fingerprint density at radius 2 is 2.29 bits per heavy atom. The van der Waals surface area contributed by atoms with Crippen LogP contribution in [-0.2, 0) is 6.42 Å². The fourth-order valence-electron chi connectivity index (χ4n) is 1.55. The molecule has 2 heteroatoms. The van der Waals surface area contributed by atoms with Crippen molar-refractivity contribution >= 4 is 21.4 Å². The maximum absolute atomic E-state index is 9.16. The minimum Gasteiger partial charge on any atom is -0.513 e. The summed E-state index contributed by atoms with van der Waals surface area (Å²) < 4.78 is 1.27. The van der Waals surface area contributed by atoms with Crippen LogP contribution >= 0.6 is 11.3 Å². The number of allylic oxidation sites excluding steroid dienone is 1. The number of hydrogen-bond donors (Lipinski definition) is 1. The summed E-state index contributed by atoms with van der Waals surface area (Å²) in [6, 6.07) is 6.39. The molecule has 0 atom stereocenters. The number of aliphatic hydroxyl groups is 1. The average molecular weight is 204 g/mol. The summed E-state index contributed by atoms with van der Waals surface area (Å²) in [6.07, 6.45) is 0.559.